The molecule has 8 heteroatoms. The van der Waals surface area contributed by atoms with E-state index in [0.717, 1.165) is 25.0 Å². The number of aromatic nitrogens is 4. The molecule has 3 rings (SSSR count). The van der Waals surface area contributed by atoms with Crippen LogP contribution in [0.5, 0.6) is 0 Å². The number of anilines is 1. The van der Waals surface area contributed by atoms with Crippen molar-refractivity contribution in [2.24, 2.45) is 12.8 Å². The Labute approximate surface area is 139 Å². The average Bonchev–Trinajstić information content (AvgIpc) is 2.91. The molecule has 0 aliphatic carbocycles. The van der Waals surface area contributed by atoms with Crippen LogP contribution in [0.3, 0.4) is 0 Å². The number of H-pyrrole nitrogens is 1. The summed E-state index contributed by atoms with van der Waals surface area (Å²) in [4.78, 5) is 33.4. The third-order valence-corrected chi connectivity index (χ3v) is 4.41. The summed E-state index contributed by atoms with van der Waals surface area (Å²) in [6.45, 7) is 6.09. The summed E-state index contributed by atoms with van der Waals surface area (Å²) in [5.41, 5.74) is 7.21. The van der Waals surface area contributed by atoms with Crippen LogP contribution >= 0.6 is 0 Å². The van der Waals surface area contributed by atoms with Crippen LogP contribution in [0.4, 0.5) is 5.95 Å². The van der Waals surface area contributed by atoms with E-state index in [1.54, 1.807) is 7.05 Å². The van der Waals surface area contributed by atoms with Gasteiger partial charge >= 0.3 is 5.69 Å². The van der Waals surface area contributed by atoms with Gasteiger partial charge in [-0.25, -0.2) is 4.79 Å². The highest BCUT2D eigenvalue weighted by Crippen LogP contribution is 2.22. The predicted molar refractivity (Wildman–Crippen MR) is 94.4 cm³/mol. The van der Waals surface area contributed by atoms with Crippen LogP contribution < -0.4 is 21.9 Å². The molecule has 1 unspecified atom stereocenters. The first-order valence-corrected chi connectivity index (χ1v) is 8.22. The molecule has 1 atom stereocenters. The van der Waals surface area contributed by atoms with E-state index in [9.17, 15) is 9.59 Å². The van der Waals surface area contributed by atoms with Gasteiger partial charge in [-0.3, -0.25) is 14.3 Å². The lowest BCUT2D eigenvalue weighted by Crippen LogP contribution is -2.44. The van der Waals surface area contributed by atoms with Crippen molar-refractivity contribution < 1.29 is 0 Å². The number of piperidine rings is 1. The number of aromatic amines is 1. The molecule has 24 heavy (non-hydrogen) atoms. The fourth-order valence-electron chi connectivity index (χ4n) is 3.10. The second-order valence-corrected chi connectivity index (χ2v) is 6.64. The molecule has 2 aromatic rings. The highest BCUT2D eigenvalue weighted by atomic mass is 16.2. The first-order valence-electron chi connectivity index (χ1n) is 8.22. The first kappa shape index (κ1) is 16.5. The molecule has 0 saturated carbocycles. The van der Waals surface area contributed by atoms with E-state index >= 15 is 0 Å². The third kappa shape index (κ3) is 2.89. The van der Waals surface area contributed by atoms with Crippen LogP contribution in [0.15, 0.2) is 21.2 Å². The van der Waals surface area contributed by atoms with E-state index in [0.29, 0.717) is 30.2 Å². The van der Waals surface area contributed by atoms with Crippen molar-refractivity contribution in [3.8, 4) is 0 Å². The number of fused-ring (bicyclic) bond motifs is 1. The number of hydrogen-bond acceptors (Lipinski definition) is 5. The topological polar surface area (TPSA) is 102 Å². The zero-order valence-corrected chi connectivity index (χ0v) is 14.4. The summed E-state index contributed by atoms with van der Waals surface area (Å²) in [6, 6.07) is 0.0950. The number of hydrogen-bond donors (Lipinski definition) is 2. The average molecular weight is 332 g/mol. The predicted octanol–water partition coefficient (Wildman–Crippen LogP) is 0.317. The molecular weight excluding hydrogens is 308 g/mol. The smallest absolute Gasteiger partial charge is 0.329 e. The van der Waals surface area contributed by atoms with Gasteiger partial charge in [-0.1, -0.05) is 11.6 Å². The van der Waals surface area contributed by atoms with Gasteiger partial charge in [0.25, 0.3) is 5.56 Å². The SMILES string of the molecule is CC(C)=CCn1c(N2CCCC(N)C2)nc2c1c(=O)[nH]c(=O)n2C. The van der Waals surface area contributed by atoms with Crippen LogP contribution in [0.2, 0.25) is 0 Å². The molecular formula is C16H24N6O2. The minimum absolute atomic E-state index is 0.0950. The zero-order chi connectivity index (χ0) is 17.4. The van der Waals surface area contributed by atoms with Crippen LogP contribution in [0.1, 0.15) is 26.7 Å². The summed E-state index contributed by atoms with van der Waals surface area (Å²) < 4.78 is 3.25. The minimum Gasteiger partial charge on any atom is -0.341 e. The Hall–Kier alpha value is -2.35. The van der Waals surface area contributed by atoms with Gasteiger partial charge in [0.2, 0.25) is 5.95 Å². The van der Waals surface area contributed by atoms with Crippen molar-refractivity contribution in [2.75, 3.05) is 18.0 Å². The van der Waals surface area contributed by atoms with Gasteiger partial charge in [-0.05, 0) is 26.7 Å². The van der Waals surface area contributed by atoms with Crippen LogP contribution in [-0.4, -0.2) is 38.2 Å². The Balaban J connectivity index is 2.23. The summed E-state index contributed by atoms with van der Waals surface area (Å²) in [6.07, 6.45) is 4.02. The number of nitrogens with two attached hydrogens (primary N) is 1. The normalized spacial score (nSPS) is 18.2. The van der Waals surface area contributed by atoms with E-state index in [-0.39, 0.29) is 6.04 Å². The quantitative estimate of drug-likeness (QED) is 0.788. The molecule has 0 radical (unpaired) electrons. The number of allylic oxidation sites excluding steroid dienone is 2. The van der Waals surface area contributed by atoms with Gasteiger partial charge in [0.1, 0.15) is 0 Å². The molecule has 0 bridgehead atoms. The molecule has 3 N–H and O–H groups in total. The molecule has 1 aliphatic rings. The molecule has 0 aromatic carbocycles. The standard InChI is InChI=1S/C16H24N6O2/c1-10(2)6-8-22-12-13(20(3)16(24)19-14(12)23)18-15(22)21-7-4-5-11(17)9-21/h6,11H,4-5,7-9,17H2,1-3H3,(H,19,23,24). The molecule has 1 saturated heterocycles. The number of rotatable bonds is 3. The van der Waals surface area contributed by atoms with E-state index in [2.05, 4.69) is 14.9 Å². The van der Waals surface area contributed by atoms with Crippen molar-refractivity contribution in [2.45, 2.75) is 39.3 Å². The fraction of sp³-hybridized carbons (Fsp3) is 0.562. The maximum atomic E-state index is 12.4. The fourth-order valence-corrected chi connectivity index (χ4v) is 3.10. The van der Waals surface area contributed by atoms with E-state index in [1.807, 2.05) is 24.5 Å². The van der Waals surface area contributed by atoms with Crippen molar-refractivity contribution in [1.29, 1.82) is 0 Å². The number of nitrogens with one attached hydrogen (secondary N) is 1. The Morgan fingerprint density at radius 3 is 2.83 bits per heavy atom. The molecule has 2 aromatic heterocycles. The molecule has 1 aliphatic heterocycles. The molecule has 3 heterocycles. The van der Waals surface area contributed by atoms with Crippen LogP contribution in [0, 0.1) is 0 Å². The zero-order valence-electron chi connectivity index (χ0n) is 14.4. The van der Waals surface area contributed by atoms with Gasteiger partial charge in [0, 0.05) is 32.7 Å². The largest absolute Gasteiger partial charge is 0.341 e. The van der Waals surface area contributed by atoms with Gasteiger partial charge in [-0.15, -0.1) is 0 Å². The van der Waals surface area contributed by atoms with E-state index in [4.69, 9.17) is 5.73 Å². The second kappa shape index (κ2) is 6.27. The summed E-state index contributed by atoms with van der Waals surface area (Å²) in [7, 11) is 1.62. The lowest BCUT2D eigenvalue weighted by atomic mass is 10.1. The lowest BCUT2D eigenvalue weighted by Gasteiger charge is -2.31. The van der Waals surface area contributed by atoms with Crippen LogP contribution in [0.25, 0.3) is 11.2 Å². The highest BCUT2D eigenvalue weighted by molar-refractivity contribution is 5.74. The molecule has 1 fully saturated rings. The molecule has 0 amide bonds. The summed E-state index contributed by atoms with van der Waals surface area (Å²) in [5.74, 6) is 0.698. The summed E-state index contributed by atoms with van der Waals surface area (Å²) >= 11 is 0. The van der Waals surface area contributed by atoms with Gasteiger partial charge in [-0.2, -0.15) is 4.98 Å². The Bertz CT molecular complexity index is 900. The second-order valence-electron chi connectivity index (χ2n) is 6.64. The molecule has 130 valence electrons. The monoisotopic (exact) mass is 332 g/mol. The molecule has 8 nitrogen and oxygen atoms in total. The maximum absolute atomic E-state index is 12.4. The maximum Gasteiger partial charge on any atom is 0.329 e. The van der Waals surface area contributed by atoms with Crippen molar-refractivity contribution in [1.82, 2.24) is 19.1 Å². The Morgan fingerprint density at radius 1 is 1.42 bits per heavy atom. The van der Waals surface area contributed by atoms with Crippen LogP contribution in [-0.2, 0) is 13.6 Å². The minimum atomic E-state index is -0.457. The Kier molecular flexibility index (Phi) is 4.31. The van der Waals surface area contributed by atoms with Gasteiger partial charge in [0.15, 0.2) is 11.2 Å². The number of imidazole rings is 1. The number of nitrogens with zero attached hydrogens (tertiary/aromatic N) is 4. The van der Waals surface area contributed by atoms with E-state index in [1.165, 1.54) is 4.57 Å². The van der Waals surface area contributed by atoms with Gasteiger partial charge < -0.3 is 15.2 Å². The van der Waals surface area contributed by atoms with Crippen molar-refractivity contribution >= 4 is 17.1 Å². The highest BCUT2D eigenvalue weighted by Gasteiger charge is 2.24. The first-order chi connectivity index (χ1) is 11.4. The van der Waals surface area contributed by atoms with Gasteiger partial charge in [0.05, 0.1) is 0 Å². The van der Waals surface area contributed by atoms with Crippen molar-refractivity contribution in [3.05, 3.63) is 32.5 Å². The lowest BCUT2D eigenvalue weighted by molar-refractivity contribution is 0.495. The number of aryl methyl sites for hydroxylation is 1. The summed E-state index contributed by atoms with van der Waals surface area (Å²) in [5, 5.41) is 0. The Morgan fingerprint density at radius 2 is 2.17 bits per heavy atom. The third-order valence-electron chi connectivity index (χ3n) is 4.41. The van der Waals surface area contributed by atoms with E-state index < -0.39 is 11.2 Å². The van der Waals surface area contributed by atoms with Crippen molar-refractivity contribution in [3.63, 3.8) is 0 Å². The molecule has 0 spiro atoms.